The van der Waals surface area contributed by atoms with Gasteiger partial charge in [0.05, 0.1) is 23.7 Å². The summed E-state index contributed by atoms with van der Waals surface area (Å²) >= 11 is 11.4. The summed E-state index contributed by atoms with van der Waals surface area (Å²) in [6.07, 6.45) is 2.55. The van der Waals surface area contributed by atoms with E-state index in [0.717, 1.165) is 12.2 Å². The van der Waals surface area contributed by atoms with Gasteiger partial charge in [0.2, 0.25) is 5.89 Å². The van der Waals surface area contributed by atoms with Crippen LogP contribution in [0.4, 0.5) is 0 Å². The summed E-state index contributed by atoms with van der Waals surface area (Å²) in [5.41, 5.74) is 0.783. The monoisotopic (exact) mass is 296 g/mol. The Morgan fingerprint density at radius 1 is 1.32 bits per heavy atom. The second kappa shape index (κ2) is 5.45. The summed E-state index contributed by atoms with van der Waals surface area (Å²) in [4.78, 5) is 1.91. The summed E-state index contributed by atoms with van der Waals surface area (Å²) in [5.74, 6) is 0.495. The molecule has 1 aromatic heterocycles. The highest BCUT2D eigenvalue weighted by atomic mass is 35.5. The van der Waals surface area contributed by atoms with Crippen LogP contribution in [0.25, 0.3) is 11.5 Å². The zero-order valence-corrected chi connectivity index (χ0v) is 12.0. The summed E-state index contributed by atoms with van der Waals surface area (Å²) in [6, 6.07) is 7.49. The normalized spacial score (nSPS) is 16.1. The maximum Gasteiger partial charge on any atom is 0.292 e. The van der Waals surface area contributed by atoms with Gasteiger partial charge in [-0.05, 0) is 24.4 Å². The lowest BCUT2D eigenvalue weighted by Gasteiger charge is -2.10. The molecule has 3 rings (SSSR count). The van der Waals surface area contributed by atoms with E-state index in [9.17, 15) is 0 Å². The summed E-state index contributed by atoms with van der Waals surface area (Å²) in [7, 11) is 0. The number of aromatic nitrogens is 2. The fourth-order valence-electron chi connectivity index (χ4n) is 2.39. The molecule has 2 aromatic rings. The van der Waals surface area contributed by atoms with Gasteiger partial charge in [0, 0.05) is 12.8 Å². The molecular weight excluding hydrogens is 282 g/mol. The van der Waals surface area contributed by atoms with Crippen molar-refractivity contribution in [3.8, 4) is 11.5 Å². The van der Waals surface area contributed by atoms with Crippen molar-refractivity contribution in [2.75, 3.05) is 13.1 Å². The fourth-order valence-corrected chi connectivity index (χ4v) is 2.80. The highest BCUT2D eigenvalue weighted by molar-refractivity contribution is 7.71. The second-order valence-electron chi connectivity index (χ2n) is 4.77. The van der Waals surface area contributed by atoms with E-state index in [0.29, 0.717) is 15.8 Å². The second-order valence-corrected chi connectivity index (χ2v) is 5.52. The molecule has 1 fully saturated rings. The lowest BCUT2D eigenvalue weighted by Crippen LogP contribution is -3.09. The van der Waals surface area contributed by atoms with E-state index in [-0.39, 0.29) is 0 Å². The van der Waals surface area contributed by atoms with Crippen molar-refractivity contribution in [1.82, 2.24) is 9.78 Å². The van der Waals surface area contributed by atoms with Crippen LogP contribution in [0.15, 0.2) is 28.7 Å². The van der Waals surface area contributed by atoms with Gasteiger partial charge in [-0.3, -0.25) is 0 Å². The fraction of sp³-hybridized carbons (Fsp3) is 0.385. The number of nitrogens with zero attached hydrogens (tertiary/aromatic N) is 2. The van der Waals surface area contributed by atoms with Crippen LogP contribution in [0.3, 0.4) is 0 Å². The third-order valence-corrected chi connectivity index (χ3v) is 4.02. The molecule has 2 heterocycles. The maximum absolute atomic E-state index is 6.14. The van der Waals surface area contributed by atoms with Crippen molar-refractivity contribution < 1.29 is 9.32 Å². The van der Waals surface area contributed by atoms with E-state index in [1.165, 1.54) is 30.8 Å². The van der Waals surface area contributed by atoms with E-state index < -0.39 is 0 Å². The molecule has 0 aliphatic carbocycles. The average Bonchev–Trinajstić information content (AvgIpc) is 3.02. The minimum atomic E-state index is 0.411. The van der Waals surface area contributed by atoms with Gasteiger partial charge in [0.25, 0.3) is 4.84 Å². The van der Waals surface area contributed by atoms with Crippen LogP contribution in [0.5, 0.6) is 0 Å². The Morgan fingerprint density at radius 3 is 2.79 bits per heavy atom. The molecule has 0 spiro atoms. The number of rotatable bonds is 3. The molecule has 4 nitrogen and oxygen atoms in total. The van der Waals surface area contributed by atoms with Gasteiger partial charge in [-0.1, -0.05) is 23.7 Å². The molecule has 0 bridgehead atoms. The van der Waals surface area contributed by atoms with Gasteiger partial charge < -0.3 is 9.32 Å². The van der Waals surface area contributed by atoms with Crippen LogP contribution in [0, 0.1) is 4.84 Å². The van der Waals surface area contributed by atoms with Gasteiger partial charge in [-0.25, -0.2) is 0 Å². The molecule has 1 aliphatic rings. The molecule has 1 aliphatic heterocycles. The highest BCUT2D eigenvalue weighted by Gasteiger charge is 2.18. The van der Waals surface area contributed by atoms with Crippen LogP contribution in [-0.4, -0.2) is 22.9 Å². The summed E-state index contributed by atoms with van der Waals surface area (Å²) in [6.45, 7) is 3.12. The first kappa shape index (κ1) is 12.8. The first-order valence-electron chi connectivity index (χ1n) is 6.40. The number of hydrogen-bond donors (Lipinski definition) is 1. The van der Waals surface area contributed by atoms with Crippen molar-refractivity contribution in [3.05, 3.63) is 34.1 Å². The SMILES string of the molecule is S=c1oc(-c2ccccc2Cl)nn1C[NH+]1CCCC1. The van der Waals surface area contributed by atoms with Gasteiger partial charge in [-0.2, -0.15) is 4.68 Å². The smallest absolute Gasteiger partial charge is 0.292 e. The van der Waals surface area contributed by atoms with E-state index in [4.69, 9.17) is 28.2 Å². The first-order chi connectivity index (χ1) is 9.24. The molecule has 19 heavy (non-hydrogen) atoms. The number of hydrogen-bond acceptors (Lipinski definition) is 3. The van der Waals surface area contributed by atoms with Gasteiger partial charge in [0.15, 0.2) is 6.67 Å². The Morgan fingerprint density at radius 2 is 2.05 bits per heavy atom. The lowest BCUT2D eigenvalue weighted by atomic mass is 10.2. The van der Waals surface area contributed by atoms with E-state index in [2.05, 4.69) is 5.10 Å². The van der Waals surface area contributed by atoms with E-state index >= 15 is 0 Å². The van der Waals surface area contributed by atoms with E-state index in [1.54, 1.807) is 4.68 Å². The topological polar surface area (TPSA) is 35.4 Å². The molecule has 0 unspecified atom stereocenters. The van der Waals surface area contributed by atoms with Crippen molar-refractivity contribution >= 4 is 23.8 Å². The van der Waals surface area contributed by atoms with Crippen molar-refractivity contribution in [1.29, 1.82) is 0 Å². The Bertz CT molecular complexity index is 631. The Labute approximate surface area is 121 Å². The predicted octanol–water partition coefficient (Wildman–Crippen LogP) is 2.16. The molecule has 100 valence electrons. The van der Waals surface area contributed by atoms with Crippen molar-refractivity contribution in [2.45, 2.75) is 19.5 Å². The first-order valence-corrected chi connectivity index (χ1v) is 7.19. The van der Waals surface area contributed by atoms with Crippen LogP contribution in [-0.2, 0) is 6.67 Å². The molecule has 1 N–H and O–H groups in total. The van der Waals surface area contributed by atoms with Gasteiger partial charge in [0.1, 0.15) is 0 Å². The number of halogens is 1. The molecule has 0 amide bonds. The van der Waals surface area contributed by atoms with Crippen molar-refractivity contribution in [2.24, 2.45) is 0 Å². The Hall–Kier alpha value is -1.17. The van der Waals surface area contributed by atoms with Gasteiger partial charge in [-0.15, -0.1) is 5.10 Å². The quantitative estimate of drug-likeness (QED) is 0.882. The summed E-state index contributed by atoms with van der Waals surface area (Å²) in [5, 5.41) is 5.07. The average molecular weight is 297 g/mol. The lowest BCUT2D eigenvalue weighted by molar-refractivity contribution is -0.911. The highest BCUT2D eigenvalue weighted by Crippen LogP contribution is 2.25. The zero-order chi connectivity index (χ0) is 13.2. The van der Waals surface area contributed by atoms with Crippen LogP contribution < -0.4 is 4.90 Å². The van der Waals surface area contributed by atoms with E-state index in [1.807, 2.05) is 24.3 Å². The zero-order valence-electron chi connectivity index (χ0n) is 10.4. The van der Waals surface area contributed by atoms with Crippen LogP contribution in [0.2, 0.25) is 5.02 Å². The third kappa shape index (κ3) is 2.73. The number of quaternary nitrogens is 1. The molecule has 0 atom stereocenters. The minimum Gasteiger partial charge on any atom is -0.409 e. The molecule has 0 saturated carbocycles. The van der Waals surface area contributed by atoms with Crippen LogP contribution in [0.1, 0.15) is 12.8 Å². The molecule has 6 heteroatoms. The number of benzene rings is 1. The molecule has 0 radical (unpaired) electrons. The number of nitrogens with one attached hydrogen (secondary N) is 1. The molecule has 1 aromatic carbocycles. The third-order valence-electron chi connectivity index (χ3n) is 3.39. The Balaban J connectivity index is 1.89. The summed E-state index contributed by atoms with van der Waals surface area (Å²) < 4.78 is 7.32. The van der Waals surface area contributed by atoms with Crippen LogP contribution >= 0.6 is 23.8 Å². The predicted molar refractivity (Wildman–Crippen MR) is 75.7 cm³/mol. The number of likely N-dealkylation sites (tertiary alicyclic amines) is 1. The van der Waals surface area contributed by atoms with Gasteiger partial charge >= 0.3 is 0 Å². The van der Waals surface area contributed by atoms with Crippen molar-refractivity contribution in [3.63, 3.8) is 0 Å². The maximum atomic E-state index is 6.14. The minimum absolute atomic E-state index is 0.411. The largest absolute Gasteiger partial charge is 0.409 e. The standard InChI is InChI=1S/C13H14ClN3OS/c14-11-6-2-1-5-10(11)12-15-17(13(19)18-12)9-16-7-3-4-8-16/h1-2,5-6H,3-4,7-9H2/p+1. The Kier molecular flexibility index (Phi) is 3.68. The molecular formula is C13H15ClN3OS+. The molecule has 1 saturated heterocycles.